The molecule has 0 atom stereocenters. The molecular formula is C23H22F2N2O3S. The van der Waals surface area contributed by atoms with E-state index in [0.29, 0.717) is 39.9 Å². The molecule has 2 aromatic carbocycles. The van der Waals surface area contributed by atoms with E-state index in [2.05, 4.69) is 11.3 Å². The normalized spacial score (nSPS) is 11.4. The van der Waals surface area contributed by atoms with Crippen LogP contribution >= 0.6 is 0 Å². The van der Waals surface area contributed by atoms with Crippen molar-refractivity contribution in [2.45, 2.75) is 19.8 Å². The Kier molecular flexibility index (Phi) is 6.40. The molecule has 0 saturated carbocycles. The molecule has 1 aromatic heterocycles. The summed E-state index contributed by atoms with van der Waals surface area (Å²) in [5, 5.41) is 0.801. The maximum absolute atomic E-state index is 14.3. The van der Waals surface area contributed by atoms with E-state index >= 15 is 0 Å². The van der Waals surface area contributed by atoms with Crippen molar-refractivity contribution < 1.29 is 17.2 Å². The second-order valence-corrected chi connectivity index (χ2v) is 8.75. The van der Waals surface area contributed by atoms with Gasteiger partial charge in [0, 0.05) is 42.4 Å². The maximum Gasteiger partial charge on any atom is 0.254 e. The molecule has 0 aliphatic rings. The van der Waals surface area contributed by atoms with Crippen molar-refractivity contribution in [1.82, 2.24) is 4.57 Å². The van der Waals surface area contributed by atoms with Gasteiger partial charge in [-0.2, -0.15) is 0 Å². The van der Waals surface area contributed by atoms with Gasteiger partial charge in [-0.3, -0.25) is 9.52 Å². The summed E-state index contributed by atoms with van der Waals surface area (Å²) in [5.74, 6) is -1.33. The lowest BCUT2D eigenvalue weighted by atomic mass is 9.94. The molecule has 3 aromatic rings. The summed E-state index contributed by atoms with van der Waals surface area (Å²) in [7, 11) is -2.09. The number of hydrogen-bond donors (Lipinski definition) is 1. The predicted octanol–water partition coefficient (Wildman–Crippen LogP) is 4.37. The highest BCUT2D eigenvalue weighted by atomic mass is 32.2. The van der Waals surface area contributed by atoms with E-state index in [1.165, 1.54) is 16.7 Å². The molecular weight excluding hydrogens is 422 g/mol. The smallest absolute Gasteiger partial charge is 0.254 e. The fourth-order valence-electron chi connectivity index (χ4n) is 3.32. The lowest BCUT2D eigenvalue weighted by Crippen LogP contribution is -2.20. The van der Waals surface area contributed by atoms with Crippen molar-refractivity contribution in [3.63, 3.8) is 0 Å². The average molecular weight is 445 g/mol. The van der Waals surface area contributed by atoms with E-state index in [9.17, 15) is 22.0 Å². The summed E-state index contributed by atoms with van der Waals surface area (Å²) in [6.07, 6.45) is 2.32. The molecule has 0 saturated heterocycles. The quantitative estimate of drug-likeness (QED) is 0.589. The first kappa shape index (κ1) is 22.4. The van der Waals surface area contributed by atoms with E-state index in [1.807, 2.05) is 6.92 Å². The Morgan fingerprint density at radius 2 is 1.77 bits per heavy atom. The molecule has 31 heavy (non-hydrogen) atoms. The predicted molar refractivity (Wildman–Crippen MR) is 118 cm³/mol. The minimum atomic E-state index is -3.73. The molecule has 0 spiro atoms. The molecule has 3 rings (SSSR count). The Bertz CT molecular complexity index is 1310. The Morgan fingerprint density at radius 1 is 1.06 bits per heavy atom. The van der Waals surface area contributed by atoms with Crippen molar-refractivity contribution in [2.75, 3.05) is 4.72 Å². The Labute approximate surface area is 179 Å². The van der Waals surface area contributed by atoms with Crippen LogP contribution in [0.5, 0.6) is 0 Å². The van der Waals surface area contributed by atoms with Gasteiger partial charge < -0.3 is 4.57 Å². The monoisotopic (exact) mass is 444 g/mol. The van der Waals surface area contributed by atoms with E-state index in [1.54, 1.807) is 37.5 Å². The van der Waals surface area contributed by atoms with Gasteiger partial charge in [0.2, 0.25) is 0 Å². The fraction of sp³-hybridized carbons (Fsp3) is 0.174. The number of aromatic nitrogens is 1. The van der Waals surface area contributed by atoms with Gasteiger partial charge in [-0.25, -0.2) is 17.2 Å². The van der Waals surface area contributed by atoms with Gasteiger partial charge in [-0.05, 0) is 52.9 Å². The highest BCUT2D eigenvalue weighted by molar-refractivity contribution is 7.95. The minimum absolute atomic E-state index is 0.124. The molecule has 8 heteroatoms. The number of aryl methyl sites for hydroxylation is 2. The van der Waals surface area contributed by atoms with Crippen LogP contribution in [-0.2, 0) is 29.9 Å². The van der Waals surface area contributed by atoms with Crippen molar-refractivity contribution in [1.29, 1.82) is 0 Å². The van der Waals surface area contributed by atoms with E-state index in [-0.39, 0.29) is 12.0 Å². The summed E-state index contributed by atoms with van der Waals surface area (Å²) < 4.78 is 55.2. The third-order valence-corrected chi connectivity index (χ3v) is 5.89. The van der Waals surface area contributed by atoms with Crippen LogP contribution in [0.3, 0.4) is 0 Å². The van der Waals surface area contributed by atoms with Crippen molar-refractivity contribution in [3.05, 3.63) is 99.3 Å². The number of hydrogen-bond acceptors (Lipinski definition) is 3. The van der Waals surface area contributed by atoms with E-state index in [4.69, 9.17) is 0 Å². The van der Waals surface area contributed by atoms with Gasteiger partial charge in [0.05, 0.1) is 0 Å². The second-order valence-electron chi connectivity index (χ2n) is 7.12. The van der Waals surface area contributed by atoms with Crippen LogP contribution in [0.2, 0.25) is 0 Å². The van der Waals surface area contributed by atoms with Gasteiger partial charge in [0.25, 0.3) is 15.6 Å². The number of pyridine rings is 1. The van der Waals surface area contributed by atoms with Gasteiger partial charge in [-0.15, -0.1) is 0 Å². The number of nitrogens with zero attached hydrogens (tertiary/aromatic N) is 1. The molecule has 1 N–H and O–H groups in total. The summed E-state index contributed by atoms with van der Waals surface area (Å²) in [6.45, 7) is 5.15. The first-order chi connectivity index (χ1) is 14.6. The maximum atomic E-state index is 14.3. The molecule has 162 valence electrons. The number of nitrogens with one attached hydrogen (secondary N) is 1. The Hall–Kier alpha value is -3.26. The number of rotatable bonds is 7. The van der Waals surface area contributed by atoms with Crippen LogP contribution in [0.4, 0.5) is 14.5 Å². The highest BCUT2D eigenvalue weighted by Gasteiger charge is 2.14. The lowest BCUT2D eigenvalue weighted by Gasteiger charge is -2.15. The number of anilines is 1. The molecule has 5 nitrogen and oxygen atoms in total. The number of halogens is 2. The van der Waals surface area contributed by atoms with Crippen LogP contribution in [-0.4, -0.2) is 13.0 Å². The summed E-state index contributed by atoms with van der Waals surface area (Å²) >= 11 is 0. The van der Waals surface area contributed by atoms with Crippen LogP contribution < -0.4 is 10.3 Å². The minimum Gasteiger partial charge on any atom is -0.318 e. The van der Waals surface area contributed by atoms with Gasteiger partial charge in [-0.1, -0.05) is 25.6 Å². The first-order valence-corrected chi connectivity index (χ1v) is 11.1. The summed E-state index contributed by atoms with van der Waals surface area (Å²) in [4.78, 5) is 12.3. The number of benzene rings is 2. The van der Waals surface area contributed by atoms with Crippen LogP contribution in [0.25, 0.3) is 11.1 Å². The zero-order chi connectivity index (χ0) is 22.8. The molecule has 0 unspecified atom stereocenters. The lowest BCUT2D eigenvalue weighted by molar-refractivity contribution is 0.574. The highest BCUT2D eigenvalue weighted by Crippen LogP contribution is 2.30. The standard InChI is InChI=1S/C23H22F2N2O3S/c1-4-15-10-18(14-27(3)23(15)28)21-13-20(26-31(29,30)5-2)9-7-16(21)11-17-6-8-19(24)12-22(17)25/h5-10,12-14,26H,2,4,11H2,1,3H3. The molecule has 0 radical (unpaired) electrons. The molecule has 1 heterocycles. The van der Waals surface area contributed by atoms with E-state index in [0.717, 1.165) is 11.5 Å². The largest absolute Gasteiger partial charge is 0.318 e. The van der Waals surface area contributed by atoms with Crippen LogP contribution in [0, 0.1) is 11.6 Å². The molecule has 0 amide bonds. The zero-order valence-electron chi connectivity index (χ0n) is 17.2. The molecule has 0 fully saturated rings. The number of sulfonamides is 1. The summed E-state index contributed by atoms with van der Waals surface area (Å²) in [6, 6.07) is 9.99. The topological polar surface area (TPSA) is 68.2 Å². The van der Waals surface area contributed by atoms with Crippen molar-refractivity contribution in [3.8, 4) is 11.1 Å². The van der Waals surface area contributed by atoms with Crippen molar-refractivity contribution >= 4 is 15.7 Å². The van der Waals surface area contributed by atoms with Crippen LogP contribution in [0.15, 0.2) is 65.4 Å². The SMILES string of the molecule is C=CS(=O)(=O)Nc1ccc(Cc2ccc(F)cc2F)c(-c2cc(CC)c(=O)n(C)c2)c1. The van der Waals surface area contributed by atoms with Gasteiger partial charge in [0.15, 0.2) is 0 Å². The van der Waals surface area contributed by atoms with Gasteiger partial charge >= 0.3 is 0 Å². The third-order valence-electron chi connectivity index (χ3n) is 4.93. The molecule has 0 aliphatic heterocycles. The average Bonchev–Trinajstić information content (AvgIpc) is 2.72. The molecule has 0 bridgehead atoms. The zero-order valence-corrected chi connectivity index (χ0v) is 18.0. The fourth-order valence-corrected chi connectivity index (χ4v) is 3.86. The van der Waals surface area contributed by atoms with Crippen LogP contribution in [0.1, 0.15) is 23.6 Å². The third kappa shape index (κ3) is 5.08. The second kappa shape index (κ2) is 8.85. The Morgan fingerprint density at radius 3 is 2.42 bits per heavy atom. The first-order valence-electron chi connectivity index (χ1n) is 9.55. The Balaban J connectivity index is 2.18. The van der Waals surface area contributed by atoms with Crippen molar-refractivity contribution in [2.24, 2.45) is 7.05 Å². The van der Waals surface area contributed by atoms with E-state index < -0.39 is 21.7 Å². The summed E-state index contributed by atoms with van der Waals surface area (Å²) in [5.41, 5.74) is 3.05. The molecule has 0 aliphatic carbocycles. The van der Waals surface area contributed by atoms with Gasteiger partial charge in [0.1, 0.15) is 11.6 Å².